The number of amides is 4. The molecule has 1 heterocycles. The Bertz CT molecular complexity index is 1250. The first-order chi connectivity index (χ1) is 15.9. The number of nitrogens with one attached hydrogen (secondary N) is 1. The molecule has 3 aromatic rings. The maximum absolute atomic E-state index is 13.0. The molecular weight excluding hydrogens is 427 g/mol. The van der Waals surface area contributed by atoms with Gasteiger partial charge in [0, 0.05) is 0 Å². The van der Waals surface area contributed by atoms with Crippen molar-refractivity contribution in [2.24, 2.45) is 0 Å². The van der Waals surface area contributed by atoms with Crippen LogP contribution in [0.15, 0.2) is 84.4 Å². The van der Waals surface area contributed by atoms with E-state index in [2.05, 4.69) is 5.32 Å². The van der Waals surface area contributed by atoms with Crippen LogP contribution < -0.4 is 10.1 Å². The van der Waals surface area contributed by atoms with E-state index in [1.807, 2.05) is 6.07 Å². The second-order valence-electron chi connectivity index (χ2n) is 7.16. The van der Waals surface area contributed by atoms with Crippen molar-refractivity contribution in [3.63, 3.8) is 0 Å². The number of nitrogens with zero attached hydrogens (tertiary/aromatic N) is 1. The van der Waals surface area contributed by atoms with Crippen LogP contribution in [0.3, 0.4) is 0 Å². The highest BCUT2D eigenvalue weighted by Gasteiger charge is 2.35. The van der Waals surface area contributed by atoms with E-state index >= 15 is 0 Å². The fraction of sp³-hybridized carbons (Fsp3) is 0.0400. The predicted molar refractivity (Wildman–Crippen MR) is 116 cm³/mol. The summed E-state index contributed by atoms with van der Waals surface area (Å²) in [7, 11) is 0. The van der Waals surface area contributed by atoms with Crippen LogP contribution in [0, 0.1) is 5.82 Å². The van der Waals surface area contributed by atoms with Gasteiger partial charge in [0.05, 0.1) is 12.1 Å². The van der Waals surface area contributed by atoms with Gasteiger partial charge in [-0.15, -0.1) is 0 Å². The molecule has 0 aromatic heterocycles. The Morgan fingerprint density at radius 1 is 0.909 bits per heavy atom. The number of hydrogen-bond donors (Lipinski definition) is 1. The molecular formula is C25H17FN2O5. The number of carbonyl (C=O) groups is 4. The molecule has 1 aliphatic heterocycles. The fourth-order valence-electron chi connectivity index (χ4n) is 3.15. The van der Waals surface area contributed by atoms with Crippen molar-refractivity contribution in [1.82, 2.24) is 10.2 Å². The van der Waals surface area contributed by atoms with Gasteiger partial charge in [0.2, 0.25) is 0 Å². The van der Waals surface area contributed by atoms with E-state index < -0.39 is 29.6 Å². The summed E-state index contributed by atoms with van der Waals surface area (Å²) in [6.07, 6.45) is 1.35. The molecule has 8 heteroatoms. The van der Waals surface area contributed by atoms with Crippen molar-refractivity contribution in [2.45, 2.75) is 6.54 Å². The molecule has 0 aliphatic carbocycles. The maximum Gasteiger partial charge on any atom is 0.343 e. The Kier molecular flexibility index (Phi) is 6.08. The van der Waals surface area contributed by atoms with Gasteiger partial charge in [-0.05, 0) is 53.6 Å². The zero-order valence-corrected chi connectivity index (χ0v) is 17.2. The minimum absolute atomic E-state index is 0.0222. The predicted octanol–water partition coefficient (Wildman–Crippen LogP) is 3.71. The van der Waals surface area contributed by atoms with Gasteiger partial charge in [-0.3, -0.25) is 19.8 Å². The second-order valence-corrected chi connectivity index (χ2v) is 7.16. The Morgan fingerprint density at radius 3 is 2.24 bits per heavy atom. The lowest BCUT2D eigenvalue weighted by molar-refractivity contribution is -0.130. The number of ether oxygens (including phenoxy) is 1. The van der Waals surface area contributed by atoms with Crippen LogP contribution in [-0.4, -0.2) is 28.7 Å². The number of carbonyl (C=O) groups excluding carboxylic acids is 4. The number of rotatable bonds is 5. The van der Waals surface area contributed by atoms with E-state index in [0.29, 0.717) is 5.56 Å². The molecule has 1 N–H and O–H groups in total. The highest BCUT2D eigenvalue weighted by molar-refractivity contribution is 6.30. The molecule has 4 rings (SSSR count). The molecule has 33 heavy (non-hydrogen) atoms. The van der Waals surface area contributed by atoms with Gasteiger partial charge in [-0.1, -0.05) is 42.5 Å². The highest BCUT2D eigenvalue weighted by Crippen LogP contribution is 2.20. The first kappa shape index (κ1) is 21.6. The zero-order chi connectivity index (χ0) is 23.4. The minimum Gasteiger partial charge on any atom is -0.423 e. The molecule has 0 bridgehead atoms. The van der Waals surface area contributed by atoms with Crippen molar-refractivity contribution in [2.75, 3.05) is 0 Å². The number of esters is 1. The number of barbiturate groups is 1. The summed E-state index contributed by atoms with van der Waals surface area (Å²) in [5, 5.41) is 2.17. The van der Waals surface area contributed by atoms with Crippen molar-refractivity contribution in [3.8, 4) is 5.75 Å². The summed E-state index contributed by atoms with van der Waals surface area (Å²) in [5.41, 5.74) is 1.22. The van der Waals surface area contributed by atoms with Crippen LogP contribution in [0.2, 0.25) is 0 Å². The molecule has 164 valence electrons. The van der Waals surface area contributed by atoms with Crippen molar-refractivity contribution in [1.29, 1.82) is 0 Å². The van der Waals surface area contributed by atoms with E-state index in [4.69, 9.17) is 4.74 Å². The lowest BCUT2D eigenvalue weighted by Gasteiger charge is -2.26. The average molecular weight is 444 g/mol. The number of imide groups is 2. The lowest BCUT2D eigenvalue weighted by Crippen LogP contribution is -2.53. The van der Waals surface area contributed by atoms with E-state index in [9.17, 15) is 23.6 Å². The SMILES string of the molecule is O=C1NC(=O)N(Cc2ccccc2)C(=O)/C1=C\c1ccc(OC(=O)c2ccc(F)cc2)cc1. The lowest BCUT2D eigenvalue weighted by atomic mass is 10.1. The molecule has 4 amide bonds. The summed E-state index contributed by atoms with van der Waals surface area (Å²) >= 11 is 0. The smallest absolute Gasteiger partial charge is 0.343 e. The van der Waals surface area contributed by atoms with Gasteiger partial charge in [0.1, 0.15) is 17.1 Å². The van der Waals surface area contributed by atoms with Gasteiger partial charge in [0.25, 0.3) is 11.8 Å². The Hall–Kier alpha value is -4.59. The van der Waals surface area contributed by atoms with Crippen LogP contribution in [0.1, 0.15) is 21.5 Å². The largest absolute Gasteiger partial charge is 0.423 e. The minimum atomic E-state index is -0.791. The van der Waals surface area contributed by atoms with E-state index in [1.165, 1.54) is 30.3 Å². The summed E-state index contributed by atoms with van der Waals surface area (Å²) in [6.45, 7) is 0.0222. The van der Waals surface area contributed by atoms with E-state index in [1.54, 1.807) is 36.4 Å². The van der Waals surface area contributed by atoms with Gasteiger partial charge in [-0.2, -0.15) is 0 Å². The number of benzene rings is 3. The van der Waals surface area contributed by atoms with Crippen LogP contribution in [-0.2, 0) is 16.1 Å². The van der Waals surface area contributed by atoms with Gasteiger partial charge in [0.15, 0.2) is 0 Å². The van der Waals surface area contributed by atoms with Gasteiger partial charge in [-0.25, -0.2) is 14.0 Å². The van der Waals surface area contributed by atoms with Gasteiger partial charge >= 0.3 is 12.0 Å². The topological polar surface area (TPSA) is 92.8 Å². The second kappa shape index (κ2) is 9.27. The molecule has 0 radical (unpaired) electrons. The molecule has 1 saturated heterocycles. The molecule has 1 fully saturated rings. The highest BCUT2D eigenvalue weighted by atomic mass is 19.1. The van der Waals surface area contributed by atoms with E-state index in [-0.39, 0.29) is 23.4 Å². The van der Waals surface area contributed by atoms with Crippen molar-refractivity contribution >= 4 is 29.9 Å². The quantitative estimate of drug-likeness (QED) is 0.280. The molecule has 7 nitrogen and oxygen atoms in total. The van der Waals surface area contributed by atoms with Crippen LogP contribution in [0.25, 0.3) is 6.08 Å². The van der Waals surface area contributed by atoms with Crippen LogP contribution in [0.4, 0.5) is 9.18 Å². The summed E-state index contributed by atoms with van der Waals surface area (Å²) < 4.78 is 18.2. The third-order valence-corrected chi connectivity index (χ3v) is 4.85. The van der Waals surface area contributed by atoms with Crippen LogP contribution in [0.5, 0.6) is 5.75 Å². The standard InChI is InChI=1S/C25H17FN2O5/c26-19-10-8-18(9-11-19)24(31)33-20-12-6-16(7-13-20)14-21-22(29)27-25(32)28(23(21)30)15-17-4-2-1-3-5-17/h1-14H,15H2,(H,27,29,32)/b21-14-. The molecule has 0 spiro atoms. The number of halogens is 1. The first-order valence-electron chi connectivity index (χ1n) is 9.91. The Morgan fingerprint density at radius 2 is 1.58 bits per heavy atom. The fourth-order valence-corrected chi connectivity index (χ4v) is 3.15. The summed E-state index contributed by atoms with van der Waals surface area (Å²) in [4.78, 5) is 50.4. The van der Waals surface area contributed by atoms with Crippen molar-refractivity contribution < 1.29 is 28.3 Å². The third-order valence-electron chi connectivity index (χ3n) is 4.85. The van der Waals surface area contributed by atoms with Crippen molar-refractivity contribution in [3.05, 3.63) is 107 Å². The molecule has 0 saturated carbocycles. The summed E-state index contributed by atoms with van der Waals surface area (Å²) in [5.74, 6) is -2.39. The number of urea groups is 1. The summed E-state index contributed by atoms with van der Waals surface area (Å²) in [6, 6.07) is 19.2. The Balaban J connectivity index is 1.49. The zero-order valence-electron chi connectivity index (χ0n) is 17.2. The Labute approximate surface area is 188 Å². The monoisotopic (exact) mass is 444 g/mol. The third kappa shape index (κ3) is 5.01. The molecule has 0 atom stereocenters. The van der Waals surface area contributed by atoms with Gasteiger partial charge < -0.3 is 4.74 Å². The normalized spacial score (nSPS) is 14.9. The van der Waals surface area contributed by atoms with Crippen LogP contribution >= 0.6 is 0 Å². The number of hydrogen-bond acceptors (Lipinski definition) is 5. The molecule has 0 unspecified atom stereocenters. The first-order valence-corrected chi connectivity index (χ1v) is 9.91. The molecule has 1 aliphatic rings. The maximum atomic E-state index is 13.0. The average Bonchev–Trinajstić information content (AvgIpc) is 2.81. The van der Waals surface area contributed by atoms with E-state index in [0.717, 1.165) is 22.6 Å². The molecule has 3 aromatic carbocycles.